The summed E-state index contributed by atoms with van der Waals surface area (Å²) in [4.78, 5) is 45.9. The number of fused-ring (bicyclic) bond motifs is 2. The van der Waals surface area contributed by atoms with Crippen molar-refractivity contribution in [2.24, 2.45) is 0 Å². The van der Waals surface area contributed by atoms with Crippen LogP contribution >= 0.6 is 11.3 Å². The zero-order valence-electron chi connectivity index (χ0n) is 20.8. The Morgan fingerprint density at radius 3 is 2.58 bits per heavy atom. The minimum absolute atomic E-state index is 0.0206. The minimum atomic E-state index is -4.76. The van der Waals surface area contributed by atoms with Gasteiger partial charge in [0.1, 0.15) is 17.4 Å². The van der Waals surface area contributed by atoms with Crippen molar-refractivity contribution in [1.29, 1.82) is 0 Å². The van der Waals surface area contributed by atoms with Gasteiger partial charge in [-0.05, 0) is 33.8 Å². The average Bonchev–Trinajstić information content (AvgIpc) is 3.25. The van der Waals surface area contributed by atoms with E-state index in [1.807, 2.05) is 13.8 Å². The number of hydrogen-bond donors (Lipinski definition) is 1. The molecule has 1 N–H and O–H groups in total. The van der Waals surface area contributed by atoms with E-state index >= 15 is 0 Å². The molecule has 3 atom stereocenters. The number of carbonyl (C=O) groups excluding carboxylic acids is 1. The molecule has 0 spiro atoms. The highest BCUT2D eigenvalue weighted by atomic mass is 32.1. The number of halogens is 3. The van der Waals surface area contributed by atoms with Gasteiger partial charge in [0.25, 0.3) is 11.5 Å². The predicted molar refractivity (Wildman–Crippen MR) is 132 cm³/mol. The van der Waals surface area contributed by atoms with E-state index in [2.05, 4.69) is 24.9 Å². The van der Waals surface area contributed by atoms with Gasteiger partial charge in [0.15, 0.2) is 10.5 Å². The Morgan fingerprint density at radius 2 is 1.89 bits per heavy atom. The van der Waals surface area contributed by atoms with Crippen LogP contribution in [0.25, 0.3) is 21.3 Å². The van der Waals surface area contributed by atoms with E-state index in [1.165, 1.54) is 26.1 Å². The maximum atomic E-state index is 13.9. The van der Waals surface area contributed by atoms with Crippen LogP contribution in [0.4, 0.5) is 13.2 Å². The van der Waals surface area contributed by atoms with Crippen LogP contribution in [0.3, 0.4) is 0 Å². The highest BCUT2D eigenvalue weighted by Gasteiger charge is 2.37. The predicted octanol–water partition coefficient (Wildman–Crippen LogP) is 4.04. The van der Waals surface area contributed by atoms with Gasteiger partial charge in [0.2, 0.25) is 5.88 Å². The molecule has 1 aliphatic heterocycles. The van der Waals surface area contributed by atoms with E-state index in [-0.39, 0.29) is 45.9 Å². The van der Waals surface area contributed by atoms with Gasteiger partial charge in [-0.1, -0.05) is 0 Å². The van der Waals surface area contributed by atoms with Crippen molar-refractivity contribution in [1.82, 2.24) is 29.8 Å². The molecule has 0 saturated carbocycles. The summed E-state index contributed by atoms with van der Waals surface area (Å²) in [6, 6.07) is 2.31. The van der Waals surface area contributed by atoms with Gasteiger partial charge in [-0.2, -0.15) is 13.2 Å². The Hall–Kier alpha value is -3.65. The van der Waals surface area contributed by atoms with E-state index < -0.39 is 29.1 Å². The standard InChI is InChI=1S/C24H23F3N6O4S/c1-10-8-33(9-11(2)36-10)23(35)22-31-16-7-28-18(6-17(16)38-22)37-12(3)19-14(24(25,26)27)5-15-20(32-19)21(34)30-13(4)29-15/h5-7,10-12H,8-9H2,1-4H3,(H,29,30,34). The van der Waals surface area contributed by atoms with Gasteiger partial charge >= 0.3 is 6.18 Å². The molecule has 38 heavy (non-hydrogen) atoms. The molecule has 1 fully saturated rings. The molecule has 1 amide bonds. The van der Waals surface area contributed by atoms with Crippen LogP contribution in [0.1, 0.15) is 53.8 Å². The first kappa shape index (κ1) is 26.0. The molecule has 14 heteroatoms. The number of aryl methyl sites for hydroxylation is 1. The van der Waals surface area contributed by atoms with Gasteiger partial charge in [-0.15, -0.1) is 11.3 Å². The summed E-state index contributed by atoms with van der Waals surface area (Å²) in [5.41, 5.74) is -2.12. The fourth-order valence-corrected chi connectivity index (χ4v) is 5.36. The third kappa shape index (κ3) is 5.05. The van der Waals surface area contributed by atoms with Crippen LogP contribution in [0.5, 0.6) is 5.88 Å². The van der Waals surface area contributed by atoms with Crippen molar-refractivity contribution < 1.29 is 27.4 Å². The summed E-state index contributed by atoms with van der Waals surface area (Å²) in [5, 5.41) is 0.269. The van der Waals surface area contributed by atoms with Crippen LogP contribution in [0.2, 0.25) is 0 Å². The van der Waals surface area contributed by atoms with E-state index in [4.69, 9.17) is 9.47 Å². The maximum absolute atomic E-state index is 13.9. The number of pyridine rings is 2. The highest BCUT2D eigenvalue weighted by molar-refractivity contribution is 7.20. The number of amides is 1. The fraction of sp³-hybridized carbons (Fsp3) is 0.417. The second-order valence-corrected chi connectivity index (χ2v) is 10.2. The molecule has 5 rings (SSSR count). The molecule has 0 aliphatic carbocycles. The lowest BCUT2D eigenvalue weighted by Gasteiger charge is -2.34. The molecule has 0 radical (unpaired) electrons. The summed E-state index contributed by atoms with van der Waals surface area (Å²) in [6.07, 6.45) is -4.77. The number of H-pyrrole nitrogens is 1. The van der Waals surface area contributed by atoms with Crippen LogP contribution in [-0.2, 0) is 10.9 Å². The Balaban J connectivity index is 1.44. The number of alkyl halides is 3. The number of ether oxygens (including phenoxy) is 2. The van der Waals surface area contributed by atoms with Crippen molar-refractivity contribution in [2.45, 2.75) is 52.2 Å². The molecular formula is C24H23F3N6O4S. The van der Waals surface area contributed by atoms with Crippen LogP contribution in [0.15, 0.2) is 23.1 Å². The zero-order valence-corrected chi connectivity index (χ0v) is 21.6. The number of nitrogens with one attached hydrogen (secondary N) is 1. The Morgan fingerprint density at radius 1 is 1.18 bits per heavy atom. The molecule has 1 saturated heterocycles. The summed E-state index contributed by atoms with van der Waals surface area (Å²) >= 11 is 1.14. The molecule has 3 unspecified atom stereocenters. The van der Waals surface area contributed by atoms with Crippen LogP contribution < -0.4 is 10.3 Å². The second kappa shape index (κ2) is 9.58. The third-order valence-corrected chi connectivity index (χ3v) is 6.96. The van der Waals surface area contributed by atoms with E-state index in [9.17, 15) is 22.8 Å². The van der Waals surface area contributed by atoms with Crippen LogP contribution in [0, 0.1) is 6.92 Å². The van der Waals surface area contributed by atoms with Gasteiger partial charge < -0.3 is 19.4 Å². The lowest BCUT2D eigenvalue weighted by Crippen LogP contribution is -2.48. The van der Waals surface area contributed by atoms with E-state index in [0.717, 1.165) is 17.4 Å². The van der Waals surface area contributed by atoms with Crippen molar-refractivity contribution in [2.75, 3.05) is 13.1 Å². The number of aromatic nitrogens is 5. The SMILES string of the molecule is Cc1nc2cc(C(F)(F)F)c(C(C)Oc3cc4sc(C(=O)N5CC(C)OC(C)C5)nc4cn3)nc2c(=O)[nH]1. The van der Waals surface area contributed by atoms with Gasteiger partial charge in [-0.3, -0.25) is 9.59 Å². The number of hydrogen-bond acceptors (Lipinski definition) is 9. The normalized spacial score (nSPS) is 19.2. The molecule has 5 heterocycles. The molecule has 0 aromatic carbocycles. The summed E-state index contributed by atoms with van der Waals surface area (Å²) in [7, 11) is 0. The number of morpholine rings is 1. The number of aromatic amines is 1. The molecule has 200 valence electrons. The molecule has 4 aromatic heterocycles. The van der Waals surface area contributed by atoms with Gasteiger partial charge in [0, 0.05) is 19.2 Å². The molecule has 0 bridgehead atoms. The number of thiazole rings is 1. The highest BCUT2D eigenvalue weighted by Crippen LogP contribution is 2.36. The summed E-state index contributed by atoms with van der Waals surface area (Å²) in [5.74, 6) is -0.0347. The average molecular weight is 549 g/mol. The van der Waals surface area contributed by atoms with Crippen LogP contribution in [-0.4, -0.2) is 61.0 Å². The molecule has 1 aliphatic rings. The topological polar surface area (TPSA) is 123 Å². The summed E-state index contributed by atoms with van der Waals surface area (Å²) in [6.45, 7) is 7.53. The fourth-order valence-electron chi connectivity index (χ4n) is 4.42. The molecule has 10 nitrogen and oxygen atoms in total. The van der Waals surface area contributed by atoms with Crippen molar-refractivity contribution in [3.8, 4) is 5.88 Å². The van der Waals surface area contributed by atoms with Crippen molar-refractivity contribution >= 4 is 38.5 Å². The quantitative estimate of drug-likeness (QED) is 0.405. The summed E-state index contributed by atoms with van der Waals surface area (Å²) < 4.78 is 53.7. The van der Waals surface area contributed by atoms with E-state index in [0.29, 0.717) is 23.3 Å². The zero-order chi connectivity index (χ0) is 27.4. The Labute approximate surface area is 217 Å². The lowest BCUT2D eigenvalue weighted by atomic mass is 10.1. The van der Waals surface area contributed by atoms with Crippen molar-refractivity contribution in [3.05, 3.63) is 50.8 Å². The molecule has 4 aromatic rings. The third-order valence-electron chi connectivity index (χ3n) is 5.96. The minimum Gasteiger partial charge on any atom is -0.468 e. The van der Waals surface area contributed by atoms with E-state index in [1.54, 1.807) is 4.90 Å². The Bertz CT molecular complexity index is 1590. The maximum Gasteiger partial charge on any atom is 0.418 e. The first-order chi connectivity index (χ1) is 17.9. The van der Waals surface area contributed by atoms with Gasteiger partial charge in [-0.25, -0.2) is 19.9 Å². The molecular weight excluding hydrogens is 525 g/mol. The van der Waals surface area contributed by atoms with Crippen molar-refractivity contribution in [3.63, 3.8) is 0 Å². The monoisotopic (exact) mass is 548 g/mol. The first-order valence-electron chi connectivity index (χ1n) is 11.8. The number of carbonyl (C=O) groups is 1. The largest absolute Gasteiger partial charge is 0.468 e. The smallest absolute Gasteiger partial charge is 0.418 e. The Kier molecular flexibility index (Phi) is 6.55. The number of nitrogens with zero attached hydrogens (tertiary/aromatic N) is 5. The first-order valence-corrected chi connectivity index (χ1v) is 12.6. The second-order valence-electron chi connectivity index (χ2n) is 9.17. The number of rotatable bonds is 4. The lowest BCUT2D eigenvalue weighted by molar-refractivity contribution is -0.139. The van der Waals surface area contributed by atoms with Gasteiger partial charge in [0.05, 0.1) is 39.9 Å².